The molecule has 3 nitrogen and oxygen atoms in total. The van der Waals surface area contributed by atoms with Gasteiger partial charge in [0.1, 0.15) is 0 Å². The van der Waals surface area contributed by atoms with Crippen molar-refractivity contribution in [3.63, 3.8) is 0 Å². The molecule has 0 N–H and O–H groups in total. The molecule has 0 bridgehead atoms. The van der Waals surface area contributed by atoms with Gasteiger partial charge in [0.2, 0.25) is 0 Å². The number of nitrogens with zero attached hydrogens (tertiary/aromatic N) is 1. The first-order valence-electron chi connectivity index (χ1n) is 7.01. The second kappa shape index (κ2) is 6.70. The summed E-state index contributed by atoms with van der Waals surface area (Å²) in [6.07, 6.45) is 3.50. The molecule has 1 aromatic carbocycles. The maximum Gasteiger partial charge on any atom is 0.195 e. The van der Waals surface area contributed by atoms with Crippen molar-refractivity contribution in [2.24, 2.45) is 0 Å². The minimum Gasteiger partial charge on any atom is -0.378 e. The molecule has 0 saturated carbocycles. The summed E-state index contributed by atoms with van der Waals surface area (Å²) in [6, 6.07) is 12.0. The summed E-state index contributed by atoms with van der Waals surface area (Å²) in [4.78, 5) is 15.0. The van der Waals surface area contributed by atoms with Gasteiger partial charge in [-0.15, -0.1) is 11.3 Å². The van der Waals surface area contributed by atoms with Crippen molar-refractivity contribution in [2.75, 3.05) is 31.2 Å². The van der Waals surface area contributed by atoms with Crippen LogP contribution in [0.1, 0.15) is 15.2 Å². The SMILES string of the molecule is O=C(/C=C/c1ccc(N2CCOCC2)cc1)c1cccs1. The van der Waals surface area contributed by atoms with E-state index in [4.69, 9.17) is 4.74 Å². The van der Waals surface area contributed by atoms with Gasteiger partial charge in [0.05, 0.1) is 18.1 Å². The molecule has 3 rings (SSSR count). The zero-order valence-electron chi connectivity index (χ0n) is 11.7. The lowest BCUT2D eigenvalue weighted by Gasteiger charge is -2.28. The van der Waals surface area contributed by atoms with Crippen LogP contribution in [0.2, 0.25) is 0 Å². The van der Waals surface area contributed by atoms with Crippen LogP contribution < -0.4 is 4.90 Å². The van der Waals surface area contributed by atoms with E-state index < -0.39 is 0 Å². The van der Waals surface area contributed by atoms with Crippen LogP contribution in [0.25, 0.3) is 6.08 Å². The average molecular weight is 299 g/mol. The highest BCUT2D eigenvalue weighted by Gasteiger charge is 2.10. The van der Waals surface area contributed by atoms with Gasteiger partial charge in [-0.05, 0) is 35.2 Å². The molecule has 4 heteroatoms. The van der Waals surface area contributed by atoms with Gasteiger partial charge in [-0.1, -0.05) is 24.3 Å². The molecule has 0 spiro atoms. The van der Waals surface area contributed by atoms with Gasteiger partial charge in [0.15, 0.2) is 5.78 Å². The van der Waals surface area contributed by atoms with Crippen LogP contribution >= 0.6 is 11.3 Å². The second-order valence-corrected chi connectivity index (χ2v) is 5.81. The first-order valence-corrected chi connectivity index (χ1v) is 7.89. The fourth-order valence-electron chi connectivity index (χ4n) is 2.29. The third-order valence-corrected chi connectivity index (χ3v) is 4.34. The Morgan fingerprint density at radius 1 is 1.14 bits per heavy atom. The zero-order chi connectivity index (χ0) is 14.5. The number of thiophene rings is 1. The van der Waals surface area contributed by atoms with Crippen molar-refractivity contribution < 1.29 is 9.53 Å². The van der Waals surface area contributed by atoms with E-state index in [1.807, 2.05) is 35.7 Å². The predicted molar refractivity (Wildman–Crippen MR) is 87.2 cm³/mol. The van der Waals surface area contributed by atoms with E-state index in [1.165, 1.54) is 17.0 Å². The molecule has 1 saturated heterocycles. The van der Waals surface area contributed by atoms with Gasteiger partial charge >= 0.3 is 0 Å². The third kappa shape index (κ3) is 3.60. The molecule has 108 valence electrons. The molecule has 0 amide bonds. The van der Waals surface area contributed by atoms with Gasteiger partial charge in [-0.3, -0.25) is 4.79 Å². The molecular weight excluding hydrogens is 282 g/mol. The zero-order valence-corrected chi connectivity index (χ0v) is 12.5. The molecule has 0 radical (unpaired) electrons. The molecule has 1 aromatic heterocycles. The number of carbonyl (C=O) groups excluding carboxylic acids is 1. The Morgan fingerprint density at radius 2 is 1.90 bits per heavy atom. The standard InChI is InChI=1S/C17H17NO2S/c19-16(17-2-1-13-21-17)8-5-14-3-6-15(7-4-14)18-9-11-20-12-10-18/h1-8,13H,9-12H2/b8-5+. The van der Waals surface area contributed by atoms with Crippen LogP contribution in [0.3, 0.4) is 0 Å². The summed E-state index contributed by atoms with van der Waals surface area (Å²) in [6.45, 7) is 3.45. The quantitative estimate of drug-likeness (QED) is 0.639. The number of rotatable bonds is 4. The van der Waals surface area contributed by atoms with E-state index in [-0.39, 0.29) is 5.78 Å². The lowest BCUT2D eigenvalue weighted by molar-refractivity contribution is 0.105. The number of hydrogen-bond acceptors (Lipinski definition) is 4. The van der Waals surface area contributed by atoms with E-state index in [0.29, 0.717) is 0 Å². The van der Waals surface area contributed by atoms with E-state index in [0.717, 1.165) is 36.7 Å². The Hall–Kier alpha value is -1.91. The molecular formula is C17H17NO2S. The molecule has 2 aromatic rings. The molecule has 21 heavy (non-hydrogen) atoms. The molecule has 1 aliphatic heterocycles. The number of hydrogen-bond donors (Lipinski definition) is 0. The van der Waals surface area contributed by atoms with Crippen molar-refractivity contribution >= 4 is 28.9 Å². The maximum atomic E-state index is 11.9. The predicted octanol–water partition coefficient (Wildman–Crippen LogP) is 3.48. The topological polar surface area (TPSA) is 29.5 Å². The highest BCUT2D eigenvalue weighted by atomic mass is 32.1. The van der Waals surface area contributed by atoms with Crippen LogP contribution in [-0.2, 0) is 4.74 Å². The number of ether oxygens (including phenoxy) is 1. The summed E-state index contributed by atoms with van der Waals surface area (Å²) < 4.78 is 5.36. The van der Waals surface area contributed by atoms with Gasteiger partial charge < -0.3 is 9.64 Å². The Bertz CT molecular complexity index is 611. The van der Waals surface area contributed by atoms with Crippen molar-refractivity contribution in [3.8, 4) is 0 Å². The van der Waals surface area contributed by atoms with Crippen LogP contribution in [0, 0.1) is 0 Å². The Labute approximate surface area is 128 Å². The smallest absolute Gasteiger partial charge is 0.195 e. The lowest BCUT2D eigenvalue weighted by Crippen LogP contribution is -2.36. The highest BCUT2D eigenvalue weighted by Crippen LogP contribution is 2.18. The molecule has 1 fully saturated rings. The van der Waals surface area contributed by atoms with E-state index in [9.17, 15) is 4.79 Å². The number of anilines is 1. The molecule has 0 atom stereocenters. The summed E-state index contributed by atoms with van der Waals surface area (Å²) in [5, 5.41) is 1.91. The Balaban J connectivity index is 1.65. The lowest BCUT2D eigenvalue weighted by atomic mass is 10.1. The van der Waals surface area contributed by atoms with Gasteiger partial charge in [-0.25, -0.2) is 0 Å². The monoisotopic (exact) mass is 299 g/mol. The normalized spacial score (nSPS) is 15.5. The summed E-state index contributed by atoms with van der Waals surface area (Å²) in [5.74, 6) is 0.0576. The number of ketones is 1. The van der Waals surface area contributed by atoms with Gasteiger partial charge in [-0.2, -0.15) is 0 Å². The van der Waals surface area contributed by atoms with Crippen molar-refractivity contribution in [2.45, 2.75) is 0 Å². The third-order valence-electron chi connectivity index (χ3n) is 3.46. The highest BCUT2D eigenvalue weighted by molar-refractivity contribution is 7.12. The van der Waals surface area contributed by atoms with Gasteiger partial charge in [0.25, 0.3) is 0 Å². The van der Waals surface area contributed by atoms with Gasteiger partial charge in [0, 0.05) is 18.8 Å². The van der Waals surface area contributed by atoms with E-state index >= 15 is 0 Å². The summed E-state index contributed by atoms with van der Waals surface area (Å²) in [7, 11) is 0. The van der Waals surface area contributed by atoms with Crippen LogP contribution in [0.15, 0.2) is 47.9 Å². The van der Waals surface area contributed by atoms with Crippen LogP contribution in [-0.4, -0.2) is 32.1 Å². The maximum absolute atomic E-state index is 11.9. The second-order valence-electron chi connectivity index (χ2n) is 4.87. The number of benzene rings is 1. The van der Waals surface area contributed by atoms with Crippen molar-refractivity contribution in [3.05, 3.63) is 58.3 Å². The van der Waals surface area contributed by atoms with Crippen molar-refractivity contribution in [1.82, 2.24) is 0 Å². The molecule has 2 heterocycles. The first-order chi connectivity index (χ1) is 10.3. The Kier molecular flexibility index (Phi) is 4.48. The fraction of sp³-hybridized carbons (Fsp3) is 0.235. The van der Waals surface area contributed by atoms with Crippen LogP contribution in [0.5, 0.6) is 0 Å². The number of morpholine rings is 1. The minimum absolute atomic E-state index is 0.0576. The number of carbonyl (C=O) groups is 1. The Morgan fingerprint density at radius 3 is 2.57 bits per heavy atom. The van der Waals surface area contributed by atoms with Crippen molar-refractivity contribution in [1.29, 1.82) is 0 Å². The van der Waals surface area contributed by atoms with E-state index in [1.54, 1.807) is 6.08 Å². The van der Waals surface area contributed by atoms with Crippen LogP contribution in [0.4, 0.5) is 5.69 Å². The first kappa shape index (κ1) is 14.0. The fourth-order valence-corrected chi connectivity index (χ4v) is 2.94. The summed E-state index contributed by atoms with van der Waals surface area (Å²) >= 11 is 1.47. The molecule has 0 aliphatic carbocycles. The minimum atomic E-state index is 0.0576. The molecule has 1 aliphatic rings. The number of allylic oxidation sites excluding steroid dienone is 1. The average Bonchev–Trinajstić information content (AvgIpc) is 3.08. The largest absolute Gasteiger partial charge is 0.378 e. The summed E-state index contributed by atoms with van der Waals surface area (Å²) in [5.41, 5.74) is 2.25. The van der Waals surface area contributed by atoms with E-state index in [2.05, 4.69) is 17.0 Å². The molecule has 0 unspecified atom stereocenters.